The number of pyridine rings is 1. The van der Waals surface area contributed by atoms with Gasteiger partial charge in [-0.2, -0.15) is 0 Å². The summed E-state index contributed by atoms with van der Waals surface area (Å²) in [4.78, 5) is 5.12. The van der Waals surface area contributed by atoms with E-state index >= 15 is 0 Å². The smallest absolute Gasteiger partial charge is 0.271 e. The fourth-order valence-electron chi connectivity index (χ4n) is 2.26. The van der Waals surface area contributed by atoms with Crippen LogP contribution < -0.4 is 10.0 Å². The number of nitrogens with zero attached hydrogens (tertiary/aromatic N) is 1. The number of benzene rings is 1. The van der Waals surface area contributed by atoms with E-state index < -0.39 is 10.0 Å². The summed E-state index contributed by atoms with van der Waals surface area (Å²) in [6.45, 7) is 2.67. The van der Waals surface area contributed by atoms with Gasteiger partial charge in [-0.25, -0.2) is 8.42 Å². The fraction of sp³-hybridized carbons (Fsp3) is 0.167. The van der Waals surface area contributed by atoms with Crippen LogP contribution in [0.5, 0.6) is 0 Å². The van der Waals surface area contributed by atoms with Gasteiger partial charge in [-0.05, 0) is 54.4 Å². The zero-order chi connectivity index (χ0) is 17.7. The van der Waals surface area contributed by atoms with Crippen LogP contribution in [-0.4, -0.2) is 13.4 Å². The Hall–Kier alpha value is -2.38. The van der Waals surface area contributed by atoms with Gasteiger partial charge in [0.15, 0.2) is 0 Å². The van der Waals surface area contributed by atoms with Crippen molar-refractivity contribution in [2.45, 2.75) is 24.1 Å². The third-order valence-electron chi connectivity index (χ3n) is 3.61. The number of thiophene rings is 1. The molecule has 0 fully saturated rings. The highest BCUT2D eigenvalue weighted by molar-refractivity contribution is 7.94. The second kappa shape index (κ2) is 7.67. The van der Waals surface area contributed by atoms with Gasteiger partial charge in [0.1, 0.15) is 4.21 Å². The van der Waals surface area contributed by atoms with E-state index in [9.17, 15) is 8.42 Å². The highest BCUT2D eigenvalue weighted by Gasteiger charge is 2.16. The maximum Gasteiger partial charge on any atom is 0.271 e. The Kier molecular flexibility index (Phi) is 5.35. The minimum absolute atomic E-state index is 0.336. The number of anilines is 2. The minimum Gasteiger partial charge on any atom is -0.381 e. The molecule has 0 aliphatic carbocycles. The van der Waals surface area contributed by atoms with Crippen molar-refractivity contribution in [3.8, 4) is 0 Å². The number of hydrogen-bond acceptors (Lipinski definition) is 5. The van der Waals surface area contributed by atoms with Crippen molar-refractivity contribution < 1.29 is 8.42 Å². The second-order valence-electron chi connectivity index (χ2n) is 5.47. The van der Waals surface area contributed by atoms with Crippen LogP contribution in [0.3, 0.4) is 0 Å². The van der Waals surface area contributed by atoms with Crippen molar-refractivity contribution >= 4 is 32.7 Å². The number of hydrogen-bond donors (Lipinski definition) is 2. The van der Waals surface area contributed by atoms with E-state index in [2.05, 4.69) is 15.0 Å². The van der Waals surface area contributed by atoms with E-state index in [4.69, 9.17) is 0 Å². The lowest BCUT2D eigenvalue weighted by Gasteiger charge is -2.09. The molecule has 130 valence electrons. The Bertz CT molecular complexity index is 920. The first-order valence-electron chi connectivity index (χ1n) is 7.91. The topological polar surface area (TPSA) is 71.1 Å². The largest absolute Gasteiger partial charge is 0.381 e. The average Bonchev–Trinajstić information content (AvgIpc) is 3.12. The molecule has 0 amide bonds. The highest BCUT2D eigenvalue weighted by Crippen LogP contribution is 2.25. The molecular weight excluding hydrogens is 354 g/mol. The standard InChI is InChI=1S/C18H19N3O2S2/c1-2-17-9-10-18(24-17)25(22,23)21-16-7-5-15(6-8-16)20-13-14-4-3-11-19-12-14/h3-12,20-21H,2,13H2,1H3. The van der Waals surface area contributed by atoms with Gasteiger partial charge < -0.3 is 5.32 Å². The lowest BCUT2D eigenvalue weighted by atomic mass is 10.2. The molecule has 25 heavy (non-hydrogen) atoms. The van der Waals surface area contributed by atoms with Crippen LogP contribution in [0.25, 0.3) is 0 Å². The van der Waals surface area contributed by atoms with Crippen LogP contribution in [0, 0.1) is 0 Å². The van der Waals surface area contributed by atoms with Crippen LogP contribution in [0.2, 0.25) is 0 Å². The monoisotopic (exact) mass is 373 g/mol. The first kappa shape index (κ1) is 17.4. The van der Waals surface area contributed by atoms with E-state index in [-0.39, 0.29) is 0 Å². The molecule has 0 aliphatic heterocycles. The van der Waals surface area contributed by atoms with Crippen LogP contribution in [-0.2, 0) is 23.0 Å². The summed E-state index contributed by atoms with van der Waals surface area (Å²) in [5.74, 6) is 0. The molecule has 0 saturated heterocycles. The number of rotatable bonds is 7. The molecule has 0 radical (unpaired) electrons. The Labute approximate surface area is 151 Å². The Morgan fingerprint density at radius 2 is 1.80 bits per heavy atom. The summed E-state index contributed by atoms with van der Waals surface area (Å²) in [5, 5.41) is 3.28. The molecule has 3 rings (SSSR count). The van der Waals surface area contributed by atoms with Crippen molar-refractivity contribution in [2.75, 3.05) is 10.0 Å². The van der Waals surface area contributed by atoms with Gasteiger partial charge in [-0.3, -0.25) is 9.71 Å². The third kappa shape index (κ3) is 4.58. The maximum atomic E-state index is 12.4. The molecule has 3 aromatic rings. The van der Waals surface area contributed by atoms with Crippen LogP contribution in [0.15, 0.2) is 65.1 Å². The predicted molar refractivity (Wildman–Crippen MR) is 103 cm³/mol. The molecule has 0 aliphatic rings. The first-order chi connectivity index (χ1) is 12.1. The van der Waals surface area contributed by atoms with E-state index in [1.165, 1.54) is 11.3 Å². The van der Waals surface area contributed by atoms with Crippen LogP contribution in [0.4, 0.5) is 11.4 Å². The SMILES string of the molecule is CCc1ccc(S(=O)(=O)Nc2ccc(NCc3cccnc3)cc2)s1. The molecule has 0 atom stereocenters. The number of sulfonamides is 1. The zero-order valence-corrected chi connectivity index (χ0v) is 15.4. The normalized spacial score (nSPS) is 11.2. The summed E-state index contributed by atoms with van der Waals surface area (Å²) < 4.78 is 27.8. The van der Waals surface area contributed by atoms with Gasteiger partial charge in [0.2, 0.25) is 0 Å². The Morgan fingerprint density at radius 3 is 2.44 bits per heavy atom. The van der Waals surface area contributed by atoms with Gasteiger partial charge in [0.25, 0.3) is 10.0 Å². The molecule has 2 aromatic heterocycles. The van der Waals surface area contributed by atoms with E-state index in [0.29, 0.717) is 16.4 Å². The first-order valence-corrected chi connectivity index (χ1v) is 10.2. The van der Waals surface area contributed by atoms with E-state index in [1.54, 1.807) is 30.6 Å². The number of aromatic nitrogens is 1. The molecule has 7 heteroatoms. The van der Waals surface area contributed by atoms with Gasteiger partial charge in [-0.1, -0.05) is 13.0 Å². The van der Waals surface area contributed by atoms with Gasteiger partial charge in [0, 0.05) is 35.2 Å². The van der Waals surface area contributed by atoms with Crippen LogP contribution >= 0.6 is 11.3 Å². The Balaban J connectivity index is 1.64. The molecule has 5 nitrogen and oxygen atoms in total. The average molecular weight is 374 g/mol. The lowest BCUT2D eigenvalue weighted by Crippen LogP contribution is -2.11. The minimum atomic E-state index is -3.53. The summed E-state index contributed by atoms with van der Waals surface area (Å²) in [6, 6.07) is 14.6. The number of aryl methyl sites for hydroxylation is 1. The summed E-state index contributed by atoms with van der Waals surface area (Å²) in [6.07, 6.45) is 4.38. The molecular formula is C18H19N3O2S2. The molecule has 2 heterocycles. The molecule has 0 bridgehead atoms. The van der Waals surface area contributed by atoms with Crippen molar-refractivity contribution in [2.24, 2.45) is 0 Å². The molecule has 0 spiro atoms. The van der Waals surface area contributed by atoms with Gasteiger partial charge >= 0.3 is 0 Å². The third-order valence-corrected chi connectivity index (χ3v) is 6.71. The van der Waals surface area contributed by atoms with E-state index in [0.717, 1.165) is 22.5 Å². The second-order valence-corrected chi connectivity index (χ2v) is 8.55. The maximum absolute atomic E-state index is 12.4. The van der Waals surface area contributed by atoms with Crippen molar-refractivity contribution in [3.05, 3.63) is 71.4 Å². The fourth-order valence-corrected chi connectivity index (χ4v) is 4.62. The highest BCUT2D eigenvalue weighted by atomic mass is 32.2. The molecule has 1 aromatic carbocycles. The number of nitrogens with one attached hydrogen (secondary N) is 2. The van der Waals surface area contributed by atoms with Gasteiger partial charge in [-0.15, -0.1) is 11.3 Å². The van der Waals surface area contributed by atoms with Crippen molar-refractivity contribution in [1.82, 2.24) is 4.98 Å². The summed E-state index contributed by atoms with van der Waals surface area (Å²) in [5.41, 5.74) is 2.53. The molecule has 0 saturated carbocycles. The Morgan fingerprint density at radius 1 is 1.04 bits per heavy atom. The van der Waals surface area contributed by atoms with Crippen molar-refractivity contribution in [1.29, 1.82) is 0 Å². The molecule has 0 unspecified atom stereocenters. The van der Waals surface area contributed by atoms with Gasteiger partial charge in [0.05, 0.1) is 0 Å². The van der Waals surface area contributed by atoms with Crippen LogP contribution in [0.1, 0.15) is 17.4 Å². The quantitative estimate of drug-likeness (QED) is 0.653. The van der Waals surface area contributed by atoms with Crippen molar-refractivity contribution in [3.63, 3.8) is 0 Å². The zero-order valence-electron chi connectivity index (χ0n) is 13.8. The lowest BCUT2D eigenvalue weighted by molar-refractivity contribution is 0.603. The molecule has 2 N–H and O–H groups in total. The van der Waals surface area contributed by atoms with E-state index in [1.807, 2.05) is 37.3 Å². The predicted octanol–water partition coefficient (Wildman–Crippen LogP) is 4.12. The summed E-state index contributed by atoms with van der Waals surface area (Å²) in [7, 11) is -3.53. The summed E-state index contributed by atoms with van der Waals surface area (Å²) >= 11 is 1.30.